The van der Waals surface area contributed by atoms with E-state index < -0.39 is 0 Å². The summed E-state index contributed by atoms with van der Waals surface area (Å²) in [5.41, 5.74) is 0.831. The molecule has 5 heteroatoms. The van der Waals surface area contributed by atoms with Crippen molar-refractivity contribution in [3.63, 3.8) is 0 Å². The van der Waals surface area contributed by atoms with Gasteiger partial charge in [0.15, 0.2) is 5.76 Å². The van der Waals surface area contributed by atoms with Gasteiger partial charge in [-0.2, -0.15) is 0 Å². The highest BCUT2D eigenvalue weighted by molar-refractivity contribution is 5.78. The van der Waals surface area contributed by atoms with Crippen LogP contribution in [-0.4, -0.2) is 17.1 Å². The normalized spacial score (nSPS) is 12.2. The van der Waals surface area contributed by atoms with E-state index in [1.807, 2.05) is 13.8 Å². The molecule has 0 aliphatic heterocycles. The molecule has 0 fully saturated rings. The van der Waals surface area contributed by atoms with E-state index >= 15 is 0 Å². The van der Waals surface area contributed by atoms with E-state index in [1.54, 1.807) is 24.3 Å². The Hall–Kier alpha value is -2.17. The van der Waals surface area contributed by atoms with E-state index in [9.17, 15) is 9.18 Å². The van der Waals surface area contributed by atoms with Crippen LogP contribution in [0.25, 0.3) is 11.3 Å². The van der Waals surface area contributed by atoms with Crippen molar-refractivity contribution < 1.29 is 13.7 Å². The lowest BCUT2D eigenvalue weighted by atomic mass is 10.1. The van der Waals surface area contributed by atoms with Crippen molar-refractivity contribution in [1.82, 2.24) is 10.5 Å². The van der Waals surface area contributed by atoms with Gasteiger partial charge in [-0.1, -0.05) is 24.2 Å². The number of hydrogen-bond acceptors (Lipinski definition) is 3. The van der Waals surface area contributed by atoms with Crippen LogP contribution in [0.2, 0.25) is 0 Å². The van der Waals surface area contributed by atoms with Gasteiger partial charge in [-0.3, -0.25) is 4.79 Å². The van der Waals surface area contributed by atoms with Gasteiger partial charge in [0.1, 0.15) is 5.82 Å². The van der Waals surface area contributed by atoms with Crippen molar-refractivity contribution >= 4 is 5.91 Å². The molecule has 1 aromatic carbocycles. The molecule has 1 atom stereocenters. The number of carbonyl (C=O) groups excluding carboxylic acids is 1. The Kier molecular flexibility index (Phi) is 4.50. The first-order valence-corrected chi connectivity index (χ1v) is 6.60. The fraction of sp³-hybridized carbons (Fsp3) is 0.333. The summed E-state index contributed by atoms with van der Waals surface area (Å²) in [6.45, 7) is 3.93. The molecule has 0 saturated heterocycles. The smallest absolute Gasteiger partial charge is 0.226 e. The molecule has 1 unspecified atom stereocenters. The quantitative estimate of drug-likeness (QED) is 0.913. The van der Waals surface area contributed by atoms with Crippen LogP contribution in [0.4, 0.5) is 4.39 Å². The highest BCUT2D eigenvalue weighted by Crippen LogP contribution is 2.23. The summed E-state index contributed by atoms with van der Waals surface area (Å²) in [5, 5.41) is 6.65. The van der Waals surface area contributed by atoms with Gasteiger partial charge in [-0.05, 0) is 25.5 Å². The summed E-state index contributed by atoms with van der Waals surface area (Å²) >= 11 is 0. The molecule has 1 amide bonds. The summed E-state index contributed by atoms with van der Waals surface area (Å²) < 4.78 is 18.7. The zero-order valence-corrected chi connectivity index (χ0v) is 11.5. The number of benzene rings is 1. The monoisotopic (exact) mass is 276 g/mol. The molecule has 1 heterocycles. The van der Waals surface area contributed by atoms with Crippen LogP contribution in [-0.2, 0) is 11.2 Å². The van der Waals surface area contributed by atoms with Gasteiger partial charge in [0.25, 0.3) is 0 Å². The summed E-state index contributed by atoms with van der Waals surface area (Å²) in [4.78, 5) is 11.7. The number of amides is 1. The number of aromatic nitrogens is 1. The van der Waals surface area contributed by atoms with Crippen LogP contribution in [0.5, 0.6) is 0 Å². The third-order valence-corrected chi connectivity index (χ3v) is 3.06. The Morgan fingerprint density at radius 3 is 2.90 bits per heavy atom. The van der Waals surface area contributed by atoms with E-state index in [0.29, 0.717) is 17.0 Å². The summed E-state index contributed by atoms with van der Waals surface area (Å²) in [6.07, 6.45) is 0.993. The van der Waals surface area contributed by atoms with Crippen LogP contribution in [0.15, 0.2) is 34.9 Å². The molecule has 2 rings (SSSR count). The largest absolute Gasteiger partial charge is 0.356 e. The molecule has 0 spiro atoms. The minimum atomic E-state index is -0.376. The van der Waals surface area contributed by atoms with Crippen molar-refractivity contribution in [1.29, 1.82) is 0 Å². The molecular weight excluding hydrogens is 259 g/mol. The van der Waals surface area contributed by atoms with Crippen LogP contribution < -0.4 is 5.32 Å². The predicted octanol–water partition coefficient (Wildman–Crippen LogP) is 2.94. The molecule has 1 aromatic heterocycles. The molecule has 0 aliphatic carbocycles. The second-order valence-corrected chi connectivity index (χ2v) is 4.72. The average molecular weight is 276 g/mol. The molecule has 2 aromatic rings. The summed E-state index contributed by atoms with van der Waals surface area (Å²) in [7, 11) is 0. The SMILES string of the molecule is CCC(C)NC(=O)Cc1cc(-c2ccccc2F)on1. The minimum Gasteiger partial charge on any atom is -0.356 e. The van der Waals surface area contributed by atoms with Gasteiger partial charge in [0, 0.05) is 12.1 Å². The number of nitrogens with zero attached hydrogens (tertiary/aromatic N) is 1. The molecule has 4 nitrogen and oxygen atoms in total. The van der Waals surface area contributed by atoms with Crippen molar-refractivity contribution in [2.24, 2.45) is 0 Å². The van der Waals surface area contributed by atoms with Gasteiger partial charge in [-0.15, -0.1) is 0 Å². The van der Waals surface area contributed by atoms with Gasteiger partial charge < -0.3 is 9.84 Å². The maximum Gasteiger partial charge on any atom is 0.226 e. The average Bonchev–Trinajstić information content (AvgIpc) is 2.87. The lowest BCUT2D eigenvalue weighted by Crippen LogP contribution is -2.33. The predicted molar refractivity (Wildman–Crippen MR) is 73.5 cm³/mol. The summed E-state index contributed by atoms with van der Waals surface area (Å²) in [6, 6.07) is 8.01. The van der Waals surface area contributed by atoms with E-state index in [4.69, 9.17) is 4.52 Å². The third kappa shape index (κ3) is 3.44. The fourth-order valence-corrected chi connectivity index (χ4v) is 1.78. The number of nitrogens with one attached hydrogen (secondary N) is 1. The van der Waals surface area contributed by atoms with Gasteiger partial charge in [0.2, 0.25) is 5.91 Å². The summed E-state index contributed by atoms with van der Waals surface area (Å²) in [5.74, 6) is -0.165. The van der Waals surface area contributed by atoms with E-state index in [2.05, 4.69) is 10.5 Å². The van der Waals surface area contributed by atoms with E-state index in [0.717, 1.165) is 6.42 Å². The molecule has 0 aliphatic rings. The van der Waals surface area contributed by atoms with Crippen molar-refractivity contribution in [3.8, 4) is 11.3 Å². The standard InChI is InChI=1S/C15H17FN2O2/c1-3-10(2)17-15(19)9-11-8-14(20-18-11)12-6-4-5-7-13(12)16/h4-8,10H,3,9H2,1-2H3,(H,17,19). The highest BCUT2D eigenvalue weighted by atomic mass is 19.1. The second kappa shape index (κ2) is 6.32. The number of carbonyl (C=O) groups is 1. The molecule has 0 bridgehead atoms. The van der Waals surface area contributed by atoms with Crippen LogP contribution in [0.1, 0.15) is 26.0 Å². The number of rotatable bonds is 5. The Balaban J connectivity index is 2.06. The topological polar surface area (TPSA) is 55.1 Å². The highest BCUT2D eigenvalue weighted by Gasteiger charge is 2.13. The van der Waals surface area contributed by atoms with E-state index in [1.165, 1.54) is 6.07 Å². The number of halogens is 1. The van der Waals surface area contributed by atoms with Crippen LogP contribution in [0, 0.1) is 5.82 Å². The third-order valence-electron chi connectivity index (χ3n) is 3.06. The Morgan fingerprint density at radius 1 is 1.45 bits per heavy atom. The Labute approximate surface area is 117 Å². The van der Waals surface area contributed by atoms with Crippen molar-refractivity contribution in [3.05, 3.63) is 41.8 Å². The zero-order valence-electron chi connectivity index (χ0n) is 11.5. The molecular formula is C15H17FN2O2. The molecule has 106 valence electrons. The van der Waals surface area contributed by atoms with Crippen molar-refractivity contribution in [2.45, 2.75) is 32.7 Å². The molecule has 20 heavy (non-hydrogen) atoms. The Morgan fingerprint density at radius 2 is 2.20 bits per heavy atom. The fourth-order valence-electron chi connectivity index (χ4n) is 1.78. The maximum absolute atomic E-state index is 13.6. The van der Waals surface area contributed by atoms with Crippen LogP contribution >= 0.6 is 0 Å². The lowest BCUT2D eigenvalue weighted by Gasteiger charge is -2.09. The molecule has 1 N–H and O–H groups in total. The first kappa shape index (κ1) is 14.2. The Bertz CT molecular complexity index is 595. The van der Waals surface area contributed by atoms with Gasteiger partial charge in [0.05, 0.1) is 17.7 Å². The van der Waals surface area contributed by atoms with Crippen LogP contribution in [0.3, 0.4) is 0 Å². The molecule has 0 saturated carbocycles. The van der Waals surface area contributed by atoms with Gasteiger partial charge >= 0.3 is 0 Å². The molecule has 0 radical (unpaired) electrons. The lowest BCUT2D eigenvalue weighted by molar-refractivity contribution is -0.121. The maximum atomic E-state index is 13.6. The second-order valence-electron chi connectivity index (χ2n) is 4.72. The zero-order chi connectivity index (χ0) is 14.5. The number of hydrogen-bond donors (Lipinski definition) is 1. The first-order chi connectivity index (χ1) is 9.60. The van der Waals surface area contributed by atoms with Gasteiger partial charge in [-0.25, -0.2) is 4.39 Å². The minimum absolute atomic E-state index is 0.118. The van der Waals surface area contributed by atoms with Crippen molar-refractivity contribution in [2.75, 3.05) is 0 Å². The first-order valence-electron chi connectivity index (χ1n) is 6.60. The van der Waals surface area contributed by atoms with E-state index in [-0.39, 0.29) is 24.2 Å².